The smallest absolute Gasteiger partial charge is 0.262 e. The fourth-order valence-corrected chi connectivity index (χ4v) is 2.71. The zero-order valence-corrected chi connectivity index (χ0v) is 16.4. The number of Topliss-reactive ketones (excluding diaryl/α,β-unsaturated/α-hetero) is 1. The molecule has 0 bridgehead atoms. The molecule has 5 heteroatoms. The third kappa shape index (κ3) is 5.43. The van der Waals surface area contributed by atoms with Crippen LogP contribution in [0.2, 0.25) is 0 Å². The number of amides is 1. The molecule has 2 aromatic carbocycles. The average molecular weight is 404 g/mol. The van der Waals surface area contributed by atoms with Crippen LogP contribution in [0.5, 0.6) is 5.75 Å². The summed E-state index contributed by atoms with van der Waals surface area (Å²) in [6.07, 6.45) is 0. The van der Waals surface area contributed by atoms with E-state index in [2.05, 4.69) is 42.0 Å². The molecule has 0 spiro atoms. The number of ether oxygens (including phenoxy) is 1. The van der Waals surface area contributed by atoms with E-state index in [0.29, 0.717) is 17.0 Å². The molecule has 2 aromatic rings. The van der Waals surface area contributed by atoms with Crippen LogP contribution in [-0.4, -0.2) is 18.3 Å². The zero-order chi connectivity index (χ0) is 18.6. The van der Waals surface area contributed by atoms with Crippen LogP contribution >= 0.6 is 15.9 Å². The second kappa shape index (κ2) is 7.83. The van der Waals surface area contributed by atoms with Gasteiger partial charge < -0.3 is 10.1 Å². The predicted octanol–water partition coefficient (Wildman–Crippen LogP) is 4.97. The molecule has 0 atom stereocenters. The lowest BCUT2D eigenvalue weighted by molar-refractivity contribution is -0.118. The Morgan fingerprint density at radius 3 is 2.24 bits per heavy atom. The Morgan fingerprint density at radius 1 is 1.08 bits per heavy atom. The second-order valence-electron chi connectivity index (χ2n) is 6.87. The summed E-state index contributed by atoms with van der Waals surface area (Å²) in [5, 5.41) is 2.74. The van der Waals surface area contributed by atoms with E-state index in [0.717, 1.165) is 4.47 Å². The van der Waals surface area contributed by atoms with E-state index in [9.17, 15) is 9.59 Å². The van der Waals surface area contributed by atoms with Crippen LogP contribution < -0.4 is 10.1 Å². The number of carbonyl (C=O) groups is 2. The van der Waals surface area contributed by atoms with E-state index >= 15 is 0 Å². The molecule has 0 fully saturated rings. The number of benzene rings is 2. The van der Waals surface area contributed by atoms with Crippen molar-refractivity contribution in [1.82, 2.24) is 0 Å². The number of rotatable bonds is 5. The van der Waals surface area contributed by atoms with Crippen molar-refractivity contribution in [3.05, 3.63) is 58.1 Å². The molecule has 0 unspecified atom stereocenters. The fourth-order valence-electron chi connectivity index (χ4n) is 2.21. The van der Waals surface area contributed by atoms with Crippen molar-refractivity contribution in [2.75, 3.05) is 11.9 Å². The molecule has 0 aromatic heterocycles. The maximum atomic E-state index is 12.0. The van der Waals surface area contributed by atoms with Gasteiger partial charge in [0.25, 0.3) is 5.91 Å². The summed E-state index contributed by atoms with van der Waals surface area (Å²) in [7, 11) is 0. The minimum Gasteiger partial charge on any atom is -0.483 e. The van der Waals surface area contributed by atoms with Crippen molar-refractivity contribution in [2.24, 2.45) is 0 Å². The predicted molar refractivity (Wildman–Crippen MR) is 103 cm³/mol. The molecule has 0 saturated carbocycles. The van der Waals surface area contributed by atoms with Gasteiger partial charge in [-0.2, -0.15) is 0 Å². The third-order valence-electron chi connectivity index (χ3n) is 3.73. The Kier molecular flexibility index (Phi) is 6.01. The molecular weight excluding hydrogens is 382 g/mol. The molecule has 0 heterocycles. The van der Waals surface area contributed by atoms with Gasteiger partial charge in [-0.15, -0.1) is 0 Å². The number of halogens is 1. The molecule has 1 amide bonds. The standard InChI is InChI=1S/C20H22BrNO3/c1-13(23)14-5-8-16(9-6-14)22-19(24)12-25-18-10-7-15(11-17(18)21)20(2,3)4/h5-11H,12H2,1-4H3,(H,22,24). The van der Waals surface area contributed by atoms with Gasteiger partial charge in [-0.25, -0.2) is 0 Å². The van der Waals surface area contributed by atoms with Crippen molar-refractivity contribution < 1.29 is 14.3 Å². The van der Waals surface area contributed by atoms with E-state index < -0.39 is 0 Å². The van der Waals surface area contributed by atoms with Crippen molar-refractivity contribution in [1.29, 1.82) is 0 Å². The molecule has 2 rings (SSSR count). The van der Waals surface area contributed by atoms with Crippen LogP contribution in [0, 0.1) is 0 Å². The molecule has 0 aliphatic rings. The van der Waals surface area contributed by atoms with Crippen LogP contribution in [0.4, 0.5) is 5.69 Å². The first-order chi connectivity index (χ1) is 11.7. The largest absolute Gasteiger partial charge is 0.483 e. The SMILES string of the molecule is CC(=O)c1ccc(NC(=O)COc2ccc(C(C)(C)C)cc2Br)cc1. The molecule has 4 nitrogen and oxygen atoms in total. The Hall–Kier alpha value is -2.14. The van der Waals surface area contributed by atoms with Gasteiger partial charge in [-0.05, 0) is 70.2 Å². The van der Waals surface area contributed by atoms with Gasteiger partial charge in [0.05, 0.1) is 4.47 Å². The summed E-state index contributed by atoms with van der Waals surface area (Å²) < 4.78 is 6.41. The van der Waals surface area contributed by atoms with Crippen LogP contribution in [-0.2, 0) is 10.2 Å². The molecule has 25 heavy (non-hydrogen) atoms. The number of nitrogens with one attached hydrogen (secondary N) is 1. The van der Waals surface area contributed by atoms with E-state index in [4.69, 9.17) is 4.74 Å². The van der Waals surface area contributed by atoms with E-state index in [1.54, 1.807) is 24.3 Å². The molecule has 132 valence electrons. The summed E-state index contributed by atoms with van der Waals surface area (Å²) in [5.74, 6) is 0.349. The first-order valence-corrected chi connectivity index (χ1v) is 8.80. The molecule has 1 N–H and O–H groups in total. The summed E-state index contributed by atoms with van der Waals surface area (Å²) in [5.41, 5.74) is 2.46. The van der Waals surface area contributed by atoms with Crippen LogP contribution in [0.1, 0.15) is 43.6 Å². The summed E-state index contributed by atoms with van der Waals surface area (Å²) in [6.45, 7) is 7.83. The number of hydrogen-bond acceptors (Lipinski definition) is 3. The van der Waals surface area contributed by atoms with Crippen molar-refractivity contribution in [3.8, 4) is 5.75 Å². The number of carbonyl (C=O) groups excluding carboxylic acids is 2. The highest BCUT2D eigenvalue weighted by Gasteiger charge is 2.15. The molecule has 0 aliphatic carbocycles. The van der Waals surface area contributed by atoms with Gasteiger partial charge in [0.2, 0.25) is 0 Å². The third-order valence-corrected chi connectivity index (χ3v) is 4.35. The van der Waals surface area contributed by atoms with Crippen LogP contribution in [0.3, 0.4) is 0 Å². The van der Waals surface area contributed by atoms with Crippen molar-refractivity contribution >= 4 is 33.3 Å². The molecule has 0 radical (unpaired) electrons. The highest BCUT2D eigenvalue weighted by molar-refractivity contribution is 9.10. The van der Waals surface area contributed by atoms with E-state index in [1.165, 1.54) is 12.5 Å². The van der Waals surface area contributed by atoms with Crippen LogP contribution in [0.15, 0.2) is 46.9 Å². The van der Waals surface area contributed by atoms with Gasteiger partial charge in [-0.1, -0.05) is 26.8 Å². The fraction of sp³-hybridized carbons (Fsp3) is 0.300. The maximum absolute atomic E-state index is 12.0. The first-order valence-electron chi connectivity index (χ1n) is 8.00. The second-order valence-corrected chi connectivity index (χ2v) is 7.72. The zero-order valence-electron chi connectivity index (χ0n) is 14.9. The Labute approximate surface area is 156 Å². The quantitative estimate of drug-likeness (QED) is 0.717. The summed E-state index contributed by atoms with van der Waals surface area (Å²) in [4.78, 5) is 23.3. The Balaban J connectivity index is 1.94. The first kappa shape index (κ1) is 19.2. The van der Waals surface area contributed by atoms with E-state index in [-0.39, 0.29) is 23.7 Å². The van der Waals surface area contributed by atoms with Gasteiger partial charge in [-0.3, -0.25) is 9.59 Å². The van der Waals surface area contributed by atoms with Gasteiger partial charge in [0, 0.05) is 11.3 Å². The average Bonchev–Trinajstić information content (AvgIpc) is 2.53. The number of hydrogen-bond donors (Lipinski definition) is 1. The van der Waals surface area contributed by atoms with Crippen molar-refractivity contribution in [3.63, 3.8) is 0 Å². The van der Waals surface area contributed by atoms with Gasteiger partial charge >= 0.3 is 0 Å². The van der Waals surface area contributed by atoms with Crippen molar-refractivity contribution in [2.45, 2.75) is 33.1 Å². The number of ketones is 1. The lowest BCUT2D eigenvalue weighted by Gasteiger charge is -2.20. The topological polar surface area (TPSA) is 55.4 Å². The summed E-state index contributed by atoms with van der Waals surface area (Å²) >= 11 is 3.49. The highest BCUT2D eigenvalue weighted by Crippen LogP contribution is 2.31. The lowest BCUT2D eigenvalue weighted by atomic mass is 9.87. The van der Waals surface area contributed by atoms with Crippen LogP contribution in [0.25, 0.3) is 0 Å². The normalized spacial score (nSPS) is 11.1. The van der Waals surface area contributed by atoms with Gasteiger partial charge in [0.15, 0.2) is 12.4 Å². The number of anilines is 1. The molecule has 0 saturated heterocycles. The molecular formula is C20H22BrNO3. The van der Waals surface area contributed by atoms with E-state index in [1.807, 2.05) is 18.2 Å². The Bertz CT molecular complexity index is 777. The summed E-state index contributed by atoms with van der Waals surface area (Å²) in [6, 6.07) is 12.6. The van der Waals surface area contributed by atoms with Gasteiger partial charge in [0.1, 0.15) is 5.75 Å². The highest BCUT2D eigenvalue weighted by atomic mass is 79.9. The minimum atomic E-state index is -0.262. The molecule has 0 aliphatic heterocycles. The monoisotopic (exact) mass is 403 g/mol. The minimum absolute atomic E-state index is 0.00948. The lowest BCUT2D eigenvalue weighted by Crippen LogP contribution is -2.20. The Morgan fingerprint density at radius 2 is 1.72 bits per heavy atom. The maximum Gasteiger partial charge on any atom is 0.262 e.